The predicted octanol–water partition coefficient (Wildman–Crippen LogP) is 5.34. The molecule has 0 radical (unpaired) electrons. The van der Waals surface area contributed by atoms with Gasteiger partial charge in [0.15, 0.2) is 0 Å². The summed E-state index contributed by atoms with van der Waals surface area (Å²) in [5, 5.41) is 5.49. The first-order valence-electron chi connectivity index (χ1n) is 8.51. The minimum absolute atomic E-state index is 0.0180. The van der Waals surface area contributed by atoms with E-state index in [1.165, 1.54) is 16.9 Å². The Morgan fingerprint density at radius 2 is 1.80 bits per heavy atom. The number of nitrogens with one attached hydrogen (secondary N) is 1. The van der Waals surface area contributed by atoms with Crippen LogP contribution >= 0.6 is 11.3 Å². The zero-order chi connectivity index (χ0) is 17.2. The van der Waals surface area contributed by atoms with Crippen LogP contribution in [0.25, 0.3) is 0 Å². The van der Waals surface area contributed by atoms with Crippen LogP contribution in [0.15, 0.2) is 72.1 Å². The van der Waals surface area contributed by atoms with Gasteiger partial charge in [0.1, 0.15) is 0 Å². The fourth-order valence-corrected chi connectivity index (χ4v) is 4.16. The Morgan fingerprint density at radius 1 is 1.04 bits per heavy atom. The van der Waals surface area contributed by atoms with E-state index in [4.69, 9.17) is 0 Å². The van der Waals surface area contributed by atoms with Crippen LogP contribution in [0, 0.1) is 0 Å². The molecule has 25 heavy (non-hydrogen) atoms. The van der Waals surface area contributed by atoms with E-state index in [1.807, 2.05) is 64.9 Å². The molecule has 0 fully saturated rings. The van der Waals surface area contributed by atoms with Crippen LogP contribution in [0.3, 0.4) is 0 Å². The zero-order valence-corrected chi connectivity index (χ0v) is 14.9. The summed E-state index contributed by atoms with van der Waals surface area (Å²) in [5.74, 6) is 0.0649. The van der Waals surface area contributed by atoms with Crippen LogP contribution in [0.5, 0.6) is 0 Å². The molecule has 2 heterocycles. The Balaban J connectivity index is 1.83. The van der Waals surface area contributed by atoms with Crippen LogP contribution in [0.1, 0.15) is 34.6 Å². The van der Waals surface area contributed by atoms with Gasteiger partial charge < -0.3 is 10.2 Å². The summed E-state index contributed by atoms with van der Waals surface area (Å²) in [5.41, 5.74) is 3.23. The molecular formula is C21H20N2OS. The molecule has 0 bridgehead atoms. The zero-order valence-electron chi connectivity index (χ0n) is 14.1. The van der Waals surface area contributed by atoms with E-state index in [0.717, 1.165) is 22.7 Å². The van der Waals surface area contributed by atoms with Gasteiger partial charge in [-0.25, -0.2) is 0 Å². The van der Waals surface area contributed by atoms with Crippen molar-refractivity contribution < 1.29 is 4.79 Å². The Bertz CT molecular complexity index is 861. The quantitative estimate of drug-likeness (QED) is 0.693. The van der Waals surface area contributed by atoms with Gasteiger partial charge in [-0.05, 0) is 48.6 Å². The largest absolute Gasteiger partial charge is 0.382 e. The van der Waals surface area contributed by atoms with Gasteiger partial charge >= 0.3 is 0 Å². The molecular weight excluding hydrogens is 328 g/mol. The van der Waals surface area contributed by atoms with Gasteiger partial charge in [-0.15, -0.1) is 11.3 Å². The first-order chi connectivity index (χ1) is 12.2. The predicted molar refractivity (Wildman–Crippen MR) is 104 cm³/mol. The monoisotopic (exact) mass is 348 g/mol. The lowest BCUT2D eigenvalue weighted by molar-refractivity contribution is 0.0978. The second-order valence-electron chi connectivity index (χ2n) is 6.37. The molecule has 0 aliphatic carbocycles. The molecule has 1 aliphatic heterocycles. The summed E-state index contributed by atoms with van der Waals surface area (Å²) >= 11 is 1.49. The first-order valence-corrected chi connectivity index (χ1v) is 9.39. The Labute approximate surface area is 151 Å². The van der Waals surface area contributed by atoms with Gasteiger partial charge in [0.05, 0.1) is 10.9 Å². The maximum Gasteiger partial charge on any atom is 0.268 e. The van der Waals surface area contributed by atoms with Crippen LogP contribution in [-0.4, -0.2) is 11.9 Å². The second kappa shape index (κ2) is 6.73. The van der Waals surface area contributed by atoms with Gasteiger partial charge in [-0.3, -0.25) is 4.79 Å². The molecule has 3 nitrogen and oxygen atoms in total. The number of anilines is 2. The Kier molecular flexibility index (Phi) is 4.28. The number of benzene rings is 2. The second-order valence-corrected chi connectivity index (χ2v) is 7.32. The maximum absolute atomic E-state index is 13.3. The number of fused-ring (bicyclic) bond motifs is 1. The lowest BCUT2D eigenvalue weighted by Crippen LogP contribution is -2.40. The summed E-state index contributed by atoms with van der Waals surface area (Å²) in [6.45, 7) is 2.17. The average Bonchev–Trinajstić information content (AvgIpc) is 3.17. The molecule has 1 aromatic heterocycles. The van der Waals surface area contributed by atoms with Crippen molar-refractivity contribution in [1.82, 2.24) is 0 Å². The first kappa shape index (κ1) is 15.9. The normalized spacial score (nSPS) is 18.9. The smallest absolute Gasteiger partial charge is 0.268 e. The molecule has 4 heteroatoms. The molecule has 126 valence electrons. The van der Waals surface area contributed by atoms with Crippen LogP contribution in [0.2, 0.25) is 0 Å². The summed E-state index contributed by atoms with van der Waals surface area (Å²) in [6, 6.07) is 22.4. The molecule has 2 unspecified atom stereocenters. The number of amides is 1. The number of para-hydroxylation sites is 2. The molecule has 0 saturated heterocycles. The van der Waals surface area contributed by atoms with Crippen molar-refractivity contribution in [2.75, 3.05) is 10.2 Å². The minimum Gasteiger partial charge on any atom is -0.382 e. The van der Waals surface area contributed by atoms with E-state index < -0.39 is 0 Å². The van der Waals surface area contributed by atoms with Crippen LogP contribution in [-0.2, 0) is 0 Å². The Hall–Kier alpha value is -2.59. The fourth-order valence-electron chi connectivity index (χ4n) is 3.50. The van der Waals surface area contributed by atoms with Gasteiger partial charge in [-0.1, -0.05) is 42.5 Å². The van der Waals surface area contributed by atoms with Gasteiger partial charge in [0.2, 0.25) is 0 Å². The molecule has 1 amide bonds. The van der Waals surface area contributed by atoms with Crippen LogP contribution in [0.4, 0.5) is 11.4 Å². The highest BCUT2D eigenvalue weighted by atomic mass is 32.1. The summed E-state index contributed by atoms with van der Waals surface area (Å²) in [7, 11) is 0. The van der Waals surface area contributed by atoms with Crippen molar-refractivity contribution in [2.24, 2.45) is 0 Å². The third kappa shape index (κ3) is 3.05. The third-order valence-electron chi connectivity index (χ3n) is 4.60. The van der Waals surface area contributed by atoms with Crippen LogP contribution < -0.4 is 10.2 Å². The Morgan fingerprint density at radius 3 is 2.56 bits per heavy atom. The minimum atomic E-state index is 0.0180. The van der Waals surface area contributed by atoms with E-state index in [2.05, 4.69) is 24.4 Å². The lowest BCUT2D eigenvalue weighted by Gasteiger charge is -2.38. The van der Waals surface area contributed by atoms with E-state index in [0.29, 0.717) is 6.04 Å². The molecule has 1 N–H and O–H groups in total. The number of hydrogen-bond donors (Lipinski definition) is 1. The topological polar surface area (TPSA) is 32.3 Å². The number of carbonyl (C=O) groups excluding carboxylic acids is 1. The molecule has 2 aromatic carbocycles. The summed E-state index contributed by atoms with van der Waals surface area (Å²) < 4.78 is 0. The number of carbonyl (C=O) groups is 1. The van der Waals surface area contributed by atoms with Gasteiger partial charge in [0, 0.05) is 17.4 Å². The molecule has 0 spiro atoms. The van der Waals surface area contributed by atoms with Crippen molar-refractivity contribution in [2.45, 2.75) is 25.4 Å². The molecule has 0 saturated carbocycles. The average molecular weight is 348 g/mol. The maximum atomic E-state index is 13.3. The van der Waals surface area contributed by atoms with E-state index in [1.54, 1.807) is 0 Å². The molecule has 3 aromatic rings. The number of thiophene rings is 1. The van der Waals surface area contributed by atoms with Crippen molar-refractivity contribution in [1.29, 1.82) is 0 Å². The van der Waals surface area contributed by atoms with Gasteiger partial charge in [0.25, 0.3) is 5.91 Å². The highest BCUT2D eigenvalue weighted by Crippen LogP contribution is 2.39. The number of rotatable bonds is 3. The lowest BCUT2D eigenvalue weighted by atomic mass is 9.91. The van der Waals surface area contributed by atoms with E-state index in [9.17, 15) is 4.79 Å². The summed E-state index contributed by atoms with van der Waals surface area (Å²) in [4.78, 5) is 16.1. The van der Waals surface area contributed by atoms with Gasteiger partial charge in [-0.2, -0.15) is 0 Å². The fraction of sp³-hybridized carbons (Fsp3) is 0.190. The van der Waals surface area contributed by atoms with Crippen molar-refractivity contribution in [3.05, 3.63) is 82.6 Å². The highest BCUT2D eigenvalue weighted by Gasteiger charge is 2.33. The van der Waals surface area contributed by atoms with Crippen molar-refractivity contribution >= 4 is 28.6 Å². The summed E-state index contributed by atoms with van der Waals surface area (Å²) in [6.07, 6.45) is 0.878. The standard InChI is InChI=1S/C21H20N2OS/c1-15-14-19(17-10-5-6-11-18(17)22-15)23(16-8-3-2-4-9-16)21(24)20-12-7-13-25-20/h2-13,15,19,22H,14H2,1H3. The van der Waals surface area contributed by atoms with Crippen molar-refractivity contribution in [3.8, 4) is 0 Å². The SMILES string of the molecule is CC1CC(N(C(=O)c2cccs2)c2ccccc2)c2ccccc2N1. The van der Waals surface area contributed by atoms with E-state index >= 15 is 0 Å². The number of hydrogen-bond acceptors (Lipinski definition) is 3. The van der Waals surface area contributed by atoms with E-state index in [-0.39, 0.29) is 11.9 Å². The number of nitrogens with zero attached hydrogens (tertiary/aromatic N) is 1. The molecule has 4 rings (SSSR count). The third-order valence-corrected chi connectivity index (χ3v) is 5.45. The van der Waals surface area contributed by atoms with Crippen molar-refractivity contribution in [3.63, 3.8) is 0 Å². The molecule has 2 atom stereocenters. The molecule has 1 aliphatic rings. The highest BCUT2D eigenvalue weighted by molar-refractivity contribution is 7.12.